The first-order chi connectivity index (χ1) is 9.83. The van der Waals surface area contributed by atoms with Crippen LogP contribution in [-0.2, 0) is 16.6 Å². The highest BCUT2D eigenvalue weighted by atomic mass is 79.9. The number of nitrogens with two attached hydrogens (primary N) is 1. The maximum atomic E-state index is 12.4. The number of halogens is 2. The van der Waals surface area contributed by atoms with Gasteiger partial charge in [-0.3, -0.25) is 4.72 Å². The average molecular weight is 390 g/mol. The van der Waals surface area contributed by atoms with E-state index in [1.54, 1.807) is 6.07 Å². The predicted octanol–water partition coefficient (Wildman–Crippen LogP) is 3.67. The summed E-state index contributed by atoms with van der Waals surface area (Å²) >= 11 is 9.29. The number of anilines is 1. The number of aryl methyl sites for hydroxylation is 1. The second kappa shape index (κ2) is 6.36. The van der Waals surface area contributed by atoms with Gasteiger partial charge in [0.25, 0.3) is 10.0 Å². The third-order valence-corrected chi connectivity index (χ3v) is 5.30. The summed E-state index contributed by atoms with van der Waals surface area (Å²) in [6.07, 6.45) is 0. The summed E-state index contributed by atoms with van der Waals surface area (Å²) in [6, 6.07) is 9.83. The summed E-state index contributed by atoms with van der Waals surface area (Å²) in [4.78, 5) is 0.125. The van der Waals surface area contributed by atoms with Crippen LogP contribution in [0.3, 0.4) is 0 Å². The lowest BCUT2D eigenvalue weighted by Gasteiger charge is -2.11. The molecule has 0 aromatic heterocycles. The molecule has 0 bridgehead atoms. The first-order valence-electron chi connectivity index (χ1n) is 6.11. The second-order valence-corrected chi connectivity index (χ2v) is 7.49. The van der Waals surface area contributed by atoms with Crippen LogP contribution in [0.4, 0.5) is 5.69 Å². The largest absolute Gasteiger partial charge is 0.326 e. The van der Waals surface area contributed by atoms with Gasteiger partial charge in [-0.15, -0.1) is 0 Å². The molecule has 0 spiro atoms. The van der Waals surface area contributed by atoms with Crippen molar-refractivity contribution in [2.75, 3.05) is 4.72 Å². The molecule has 0 aliphatic rings. The number of nitrogens with one attached hydrogen (secondary N) is 1. The van der Waals surface area contributed by atoms with Gasteiger partial charge in [0.05, 0.1) is 10.6 Å². The molecule has 0 heterocycles. The minimum atomic E-state index is -3.69. The van der Waals surface area contributed by atoms with Crippen LogP contribution in [0.5, 0.6) is 0 Å². The van der Waals surface area contributed by atoms with Crippen molar-refractivity contribution >= 4 is 43.2 Å². The molecule has 0 fully saturated rings. The van der Waals surface area contributed by atoms with Gasteiger partial charge in [-0.05, 0) is 64.3 Å². The summed E-state index contributed by atoms with van der Waals surface area (Å²) in [5.41, 5.74) is 7.64. The molecule has 0 atom stereocenters. The van der Waals surface area contributed by atoms with E-state index in [0.29, 0.717) is 20.7 Å². The molecule has 21 heavy (non-hydrogen) atoms. The molecule has 3 N–H and O–H groups in total. The summed E-state index contributed by atoms with van der Waals surface area (Å²) in [5.74, 6) is 0. The van der Waals surface area contributed by atoms with Gasteiger partial charge in [0.15, 0.2) is 0 Å². The Morgan fingerprint density at radius 2 is 1.95 bits per heavy atom. The van der Waals surface area contributed by atoms with Crippen LogP contribution in [0.2, 0.25) is 5.02 Å². The van der Waals surface area contributed by atoms with Crippen molar-refractivity contribution in [1.29, 1.82) is 0 Å². The van der Waals surface area contributed by atoms with Crippen LogP contribution < -0.4 is 10.5 Å². The number of benzene rings is 2. The SMILES string of the molecule is Cc1ccc(NS(=O)(=O)c2ccc(Cl)c(CN)c2)c(Br)c1. The lowest BCUT2D eigenvalue weighted by Crippen LogP contribution is -2.14. The zero-order chi connectivity index (χ0) is 15.6. The van der Waals surface area contributed by atoms with E-state index in [0.717, 1.165) is 5.56 Å². The smallest absolute Gasteiger partial charge is 0.261 e. The second-order valence-electron chi connectivity index (χ2n) is 4.55. The molecule has 0 saturated carbocycles. The topological polar surface area (TPSA) is 72.2 Å². The number of hydrogen-bond acceptors (Lipinski definition) is 3. The predicted molar refractivity (Wildman–Crippen MR) is 89.0 cm³/mol. The van der Waals surface area contributed by atoms with E-state index in [1.165, 1.54) is 18.2 Å². The maximum absolute atomic E-state index is 12.4. The first-order valence-corrected chi connectivity index (χ1v) is 8.76. The van der Waals surface area contributed by atoms with Crippen LogP contribution >= 0.6 is 27.5 Å². The van der Waals surface area contributed by atoms with Gasteiger partial charge in [0.1, 0.15) is 0 Å². The Labute approximate surface area is 137 Å². The van der Waals surface area contributed by atoms with E-state index in [1.807, 2.05) is 19.1 Å². The van der Waals surface area contributed by atoms with Gasteiger partial charge in [-0.2, -0.15) is 0 Å². The van der Waals surface area contributed by atoms with Crippen LogP contribution in [0.15, 0.2) is 45.8 Å². The van der Waals surface area contributed by atoms with Crippen molar-refractivity contribution in [2.45, 2.75) is 18.4 Å². The fourth-order valence-corrected chi connectivity index (χ4v) is 3.83. The Morgan fingerprint density at radius 1 is 1.24 bits per heavy atom. The minimum Gasteiger partial charge on any atom is -0.326 e. The van der Waals surface area contributed by atoms with Gasteiger partial charge in [0.2, 0.25) is 0 Å². The molecule has 7 heteroatoms. The molecule has 0 aliphatic carbocycles. The third-order valence-electron chi connectivity index (χ3n) is 2.92. The summed E-state index contributed by atoms with van der Waals surface area (Å²) in [7, 11) is -3.69. The van der Waals surface area contributed by atoms with E-state index in [4.69, 9.17) is 17.3 Å². The molecule has 0 saturated heterocycles. The van der Waals surface area contributed by atoms with Crippen molar-refractivity contribution < 1.29 is 8.42 Å². The highest BCUT2D eigenvalue weighted by molar-refractivity contribution is 9.10. The zero-order valence-electron chi connectivity index (χ0n) is 11.2. The lowest BCUT2D eigenvalue weighted by atomic mass is 10.2. The Hall–Kier alpha value is -1.08. The number of sulfonamides is 1. The maximum Gasteiger partial charge on any atom is 0.261 e. The van der Waals surface area contributed by atoms with Gasteiger partial charge in [-0.1, -0.05) is 17.7 Å². The van der Waals surface area contributed by atoms with Crippen molar-refractivity contribution in [3.05, 3.63) is 57.0 Å². The standard InChI is InChI=1S/C14H14BrClN2O2S/c1-9-2-5-14(12(15)6-9)18-21(19,20)11-3-4-13(16)10(7-11)8-17/h2-7,18H,8,17H2,1H3. The third kappa shape index (κ3) is 3.77. The fourth-order valence-electron chi connectivity index (χ4n) is 1.78. The molecule has 0 radical (unpaired) electrons. The molecular weight excluding hydrogens is 376 g/mol. The number of rotatable bonds is 4. The molecule has 112 valence electrons. The molecule has 2 aromatic rings. The Balaban J connectivity index is 2.38. The summed E-state index contributed by atoms with van der Waals surface area (Å²) in [6.45, 7) is 2.10. The van der Waals surface area contributed by atoms with E-state index in [-0.39, 0.29) is 11.4 Å². The van der Waals surface area contributed by atoms with Gasteiger partial charge in [0, 0.05) is 16.0 Å². The van der Waals surface area contributed by atoms with Gasteiger partial charge >= 0.3 is 0 Å². The van der Waals surface area contributed by atoms with Gasteiger partial charge < -0.3 is 5.73 Å². The highest BCUT2D eigenvalue weighted by Gasteiger charge is 2.17. The molecule has 2 aromatic carbocycles. The monoisotopic (exact) mass is 388 g/mol. The summed E-state index contributed by atoms with van der Waals surface area (Å²) < 4.78 is 28.0. The fraction of sp³-hybridized carbons (Fsp3) is 0.143. The quantitative estimate of drug-likeness (QED) is 0.838. The Morgan fingerprint density at radius 3 is 2.57 bits per heavy atom. The van der Waals surface area contributed by atoms with Crippen LogP contribution in [0, 0.1) is 6.92 Å². The lowest BCUT2D eigenvalue weighted by molar-refractivity contribution is 0.601. The highest BCUT2D eigenvalue weighted by Crippen LogP contribution is 2.27. The van der Waals surface area contributed by atoms with Gasteiger partial charge in [-0.25, -0.2) is 8.42 Å². The van der Waals surface area contributed by atoms with Crippen molar-refractivity contribution in [1.82, 2.24) is 0 Å². The molecule has 0 amide bonds. The van der Waals surface area contributed by atoms with Crippen LogP contribution in [0.25, 0.3) is 0 Å². The van der Waals surface area contributed by atoms with E-state index in [2.05, 4.69) is 20.7 Å². The average Bonchev–Trinajstić information content (AvgIpc) is 2.42. The normalized spacial score (nSPS) is 11.4. The Kier molecular flexibility index (Phi) is 4.93. The van der Waals surface area contributed by atoms with Crippen molar-refractivity contribution in [2.24, 2.45) is 5.73 Å². The molecule has 4 nitrogen and oxygen atoms in total. The van der Waals surface area contributed by atoms with Crippen molar-refractivity contribution in [3.8, 4) is 0 Å². The molecule has 0 unspecified atom stereocenters. The van der Waals surface area contributed by atoms with E-state index < -0.39 is 10.0 Å². The van der Waals surface area contributed by atoms with E-state index in [9.17, 15) is 8.42 Å². The molecule has 2 rings (SSSR count). The molecular formula is C14H14BrClN2O2S. The van der Waals surface area contributed by atoms with E-state index >= 15 is 0 Å². The molecule has 0 aliphatic heterocycles. The zero-order valence-corrected chi connectivity index (χ0v) is 14.4. The first kappa shape index (κ1) is 16.3. The summed E-state index contributed by atoms with van der Waals surface area (Å²) in [5, 5.41) is 0.452. The van der Waals surface area contributed by atoms with Crippen molar-refractivity contribution in [3.63, 3.8) is 0 Å². The van der Waals surface area contributed by atoms with Crippen LogP contribution in [0.1, 0.15) is 11.1 Å². The van der Waals surface area contributed by atoms with Crippen LogP contribution in [-0.4, -0.2) is 8.42 Å². The number of hydrogen-bond donors (Lipinski definition) is 2. The minimum absolute atomic E-state index is 0.125. The Bertz CT molecular complexity index is 779.